The summed E-state index contributed by atoms with van der Waals surface area (Å²) in [7, 11) is -1.72. The average Bonchev–Trinajstić information content (AvgIpc) is 3.99. The molecule has 77 heavy (non-hydrogen) atoms. The lowest BCUT2D eigenvalue weighted by Crippen LogP contribution is -2.34. The van der Waals surface area contributed by atoms with Crippen LogP contribution < -0.4 is 25.3 Å². The maximum absolute atomic E-state index is 14.4. The summed E-state index contributed by atoms with van der Waals surface area (Å²) in [6, 6.07) is 22.5. The number of benzene rings is 3. The van der Waals surface area contributed by atoms with Crippen LogP contribution in [0.2, 0.25) is 0 Å². The Hall–Kier alpha value is -8.38. The number of halogens is 7. The van der Waals surface area contributed by atoms with E-state index in [1.165, 1.54) is 43.3 Å². The van der Waals surface area contributed by atoms with Gasteiger partial charge in [0, 0.05) is 35.7 Å². The standard InChI is InChI=1S/C29H23F4N3O4.C24H22F3N3O6S/c1-16-26(17(2)40-35-16)22-12-18-13-23(27(29(31,32)33)39-21-9-7-19(30)8-10-21)28(37)36(24(18)14-25(22)38-3)15-20-6-4-5-11-34-20;1-13-21(14(2)35-29-13)17-9-15-10-18(22(24(25,26)27)36-37(4,32)33)23(31)30(19(15)11-20(17)34-3)12-16-7-5-6-8-28-16/h4-14,27H,15H2,1-3H3;5-11,22H,12H2,1-4H3. The van der Waals surface area contributed by atoms with Gasteiger partial charge in [-0.3, -0.25) is 23.7 Å². The summed E-state index contributed by atoms with van der Waals surface area (Å²) in [4.78, 5) is 35.7. The second-order valence-corrected chi connectivity index (χ2v) is 19.1. The molecule has 0 fully saturated rings. The molecule has 0 radical (unpaired) electrons. The number of hydrogen-bond donors (Lipinski definition) is 0. The number of aryl methyl sites for hydroxylation is 4. The monoisotopic (exact) mass is 1090 g/mol. The molecule has 6 heterocycles. The molecule has 0 aliphatic rings. The van der Waals surface area contributed by atoms with Crippen LogP contribution >= 0.6 is 0 Å². The van der Waals surface area contributed by atoms with Gasteiger partial charge in [0.15, 0.2) is 0 Å². The van der Waals surface area contributed by atoms with Gasteiger partial charge in [-0.05, 0) is 111 Å². The zero-order valence-electron chi connectivity index (χ0n) is 41.8. The van der Waals surface area contributed by atoms with Crippen LogP contribution in [0.3, 0.4) is 0 Å². The predicted molar refractivity (Wildman–Crippen MR) is 267 cm³/mol. The molecule has 0 bridgehead atoms. The third-order valence-corrected chi connectivity index (χ3v) is 12.6. The van der Waals surface area contributed by atoms with E-state index in [1.54, 1.807) is 76.2 Å². The van der Waals surface area contributed by atoms with Crippen LogP contribution in [0, 0.1) is 33.5 Å². The Morgan fingerprint density at radius 1 is 0.610 bits per heavy atom. The molecule has 402 valence electrons. The van der Waals surface area contributed by atoms with Crippen LogP contribution in [0.4, 0.5) is 30.7 Å². The Labute approximate surface area is 433 Å². The number of nitrogens with zero attached hydrogens (tertiary/aromatic N) is 6. The smallest absolute Gasteiger partial charge is 0.429 e. The van der Waals surface area contributed by atoms with Crippen LogP contribution in [0.5, 0.6) is 17.2 Å². The maximum atomic E-state index is 14.4. The molecular formula is C53H45F7N6O10S. The van der Waals surface area contributed by atoms with E-state index in [0.29, 0.717) is 85.2 Å². The molecular weight excluding hydrogens is 1050 g/mol. The van der Waals surface area contributed by atoms with Gasteiger partial charge < -0.3 is 32.4 Å². The molecule has 6 aromatic heterocycles. The number of aromatic nitrogens is 6. The normalized spacial score (nSPS) is 12.8. The van der Waals surface area contributed by atoms with Crippen molar-refractivity contribution >= 4 is 31.9 Å². The third-order valence-electron chi connectivity index (χ3n) is 12.1. The van der Waals surface area contributed by atoms with E-state index in [9.17, 15) is 48.7 Å². The summed E-state index contributed by atoms with van der Waals surface area (Å²) in [5.41, 5.74) is 1.15. The van der Waals surface area contributed by atoms with E-state index in [4.69, 9.17) is 23.3 Å². The molecule has 0 saturated carbocycles. The Kier molecular flexibility index (Phi) is 15.5. The molecule has 9 rings (SSSR count). The zero-order chi connectivity index (χ0) is 55.7. The minimum absolute atomic E-state index is 0.112. The second-order valence-electron chi connectivity index (χ2n) is 17.5. The fourth-order valence-corrected chi connectivity index (χ4v) is 9.30. The van der Waals surface area contributed by atoms with Gasteiger partial charge in [0.05, 0.1) is 89.6 Å². The Morgan fingerprint density at radius 3 is 1.39 bits per heavy atom. The van der Waals surface area contributed by atoms with E-state index in [2.05, 4.69) is 24.5 Å². The molecule has 9 aromatic rings. The summed E-state index contributed by atoms with van der Waals surface area (Å²) in [5.74, 6) is 0.754. The summed E-state index contributed by atoms with van der Waals surface area (Å²) >= 11 is 0. The van der Waals surface area contributed by atoms with Crippen LogP contribution in [-0.4, -0.2) is 70.7 Å². The van der Waals surface area contributed by atoms with E-state index < -0.39 is 62.7 Å². The lowest BCUT2D eigenvalue weighted by Gasteiger charge is -2.24. The van der Waals surface area contributed by atoms with Gasteiger partial charge in [0.25, 0.3) is 21.2 Å². The largest absolute Gasteiger partial charge is 0.496 e. The first-order chi connectivity index (χ1) is 36.4. The minimum Gasteiger partial charge on any atom is -0.496 e. The Bertz CT molecular complexity index is 3830. The minimum atomic E-state index is -5.20. The van der Waals surface area contributed by atoms with Crippen molar-refractivity contribution in [3.05, 3.63) is 181 Å². The highest BCUT2D eigenvalue weighted by molar-refractivity contribution is 7.86. The SMILES string of the molecule is COc1cc2c(cc1-c1c(C)noc1C)cc(C(OS(C)(=O)=O)C(F)(F)F)c(=O)n2Cc1ccccn1.COc1cc2c(cc1-c1c(C)noc1C)cc(C(Oc1ccc(F)cc1)C(F)(F)F)c(=O)n2Cc1ccccn1. The number of ether oxygens (including phenoxy) is 3. The van der Waals surface area contributed by atoms with Gasteiger partial charge in [0.2, 0.25) is 12.2 Å². The van der Waals surface area contributed by atoms with Crippen LogP contribution in [0.25, 0.3) is 44.1 Å². The molecule has 0 N–H and O–H groups in total. The summed E-state index contributed by atoms with van der Waals surface area (Å²) in [6.45, 7) is 6.51. The quantitative estimate of drug-likeness (QED) is 0.0737. The highest BCUT2D eigenvalue weighted by atomic mass is 32.2. The molecule has 0 spiro atoms. The lowest BCUT2D eigenvalue weighted by atomic mass is 9.98. The van der Waals surface area contributed by atoms with Crippen molar-refractivity contribution in [3.63, 3.8) is 0 Å². The molecule has 3 aromatic carbocycles. The molecule has 0 aliphatic carbocycles. The molecule has 24 heteroatoms. The summed E-state index contributed by atoms with van der Waals surface area (Å²) in [6.07, 6.45) is -12.3. The van der Waals surface area contributed by atoms with Gasteiger partial charge in [-0.25, -0.2) is 4.39 Å². The van der Waals surface area contributed by atoms with Crippen molar-refractivity contribution in [3.8, 4) is 39.5 Å². The van der Waals surface area contributed by atoms with Gasteiger partial charge in [0.1, 0.15) is 34.6 Å². The maximum Gasteiger partial charge on any atom is 0.429 e. The topological polar surface area (TPSA) is 193 Å². The summed E-state index contributed by atoms with van der Waals surface area (Å²) in [5, 5.41) is 8.42. The third kappa shape index (κ3) is 11.9. The van der Waals surface area contributed by atoms with E-state index in [1.807, 2.05) is 0 Å². The fraction of sp³-hybridized carbons (Fsp3) is 0.245. The van der Waals surface area contributed by atoms with Crippen molar-refractivity contribution in [1.29, 1.82) is 0 Å². The van der Waals surface area contributed by atoms with Crippen molar-refractivity contribution in [2.75, 3.05) is 20.5 Å². The van der Waals surface area contributed by atoms with Crippen LogP contribution in [-0.2, 0) is 27.4 Å². The average molecular weight is 1090 g/mol. The zero-order valence-corrected chi connectivity index (χ0v) is 42.6. The first-order valence-electron chi connectivity index (χ1n) is 23.0. The molecule has 0 aliphatic heterocycles. The second kappa shape index (κ2) is 21.7. The molecule has 2 atom stereocenters. The van der Waals surface area contributed by atoms with Crippen molar-refractivity contribution in [2.45, 2.75) is 65.3 Å². The number of hydrogen-bond acceptors (Lipinski definition) is 14. The number of methoxy groups -OCH3 is 2. The van der Waals surface area contributed by atoms with Crippen molar-refractivity contribution in [2.24, 2.45) is 0 Å². The van der Waals surface area contributed by atoms with Gasteiger partial charge in [-0.15, -0.1) is 0 Å². The van der Waals surface area contributed by atoms with Crippen molar-refractivity contribution in [1.82, 2.24) is 29.4 Å². The summed E-state index contributed by atoms with van der Waals surface area (Å²) < 4.78 is 156. The van der Waals surface area contributed by atoms with E-state index in [-0.39, 0.29) is 29.7 Å². The number of fused-ring (bicyclic) bond motifs is 2. The van der Waals surface area contributed by atoms with Gasteiger partial charge in [-0.1, -0.05) is 22.4 Å². The number of pyridine rings is 4. The lowest BCUT2D eigenvalue weighted by molar-refractivity contribution is -0.198. The highest BCUT2D eigenvalue weighted by Gasteiger charge is 2.47. The molecule has 16 nitrogen and oxygen atoms in total. The first kappa shape index (κ1) is 54.9. The number of alkyl halides is 6. The Morgan fingerprint density at radius 2 is 1.04 bits per heavy atom. The molecule has 2 unspecified atom stereocenters. The number of rotatable bonds is 14. The first-order valence-corrected chi connectivity index (χ1v) is 24.8. The van der Waals surface area contributed by atoms with Gasteiger partial charge >= 0.3 is 12.4 Å². The molecule has 0 saturated heterocycles. The van der Waals surface area contributed by atoms with Gasteiger partial charge in [-0.2, -0.15) is 34.8 Å². The predicted octanol–water partition coefficient (Wildman–Crippen LogP) is 10.9. The van der Waals surface area contributed by atoms with E-state index in [0.717, 1.165) is 41.0 Å². The van der Waals surface area contributed by atoms with Crippen molar-refractivity contribution < 1.29 is 66.6 Å². The highest BCUT2D eigenvalue weighted by Crippen LogP contribution is 2.43. The van der Waals surface area contributed by atoms with E-state index >= 15 is 0 Å². The fourth-order valence-electron chi connectivity index (χ4n) is 8.73. The van der Waals surface area contributed by atoms with Crippen LogP contribution in [0.15, 0.2) is 128 Å². The van der Waals surface area contributed by atoms with Crippen LogP contribution in [0.1, 0.15) is 57.6 Å². The Balaban J connectivity index is 0.000000204. The molecule has 0 amide bonds.